The minimum absolute atomic E-state index is 0.0941. The van der Waals surface area contributed by atoms with Gasteiger partial charge in [0.1, 0.15) is 11.7 Å². The Labute approximate surface area is 208 Å². The minimum Gasteiger partial charge on any atom is -0.367 e. The molecular formula is C24H24F5N5O3. The second kappa shape index (κ2) is 10.6. The van der Waals surface area contributed by atoms with Crippen LogP contribution in [0.15, 0.2) is 36.4 Å². The second-order valence-electron chi connectivity index (χ2n) is 8.91. The zero-order valence-electron chi connectivity index (χ0n) is 19.4. The maximum atomic E-state index is 14.7. The van der Waals surface area contributed by atoms with Crippen LogP contribution in [0.5, 0.6) is 0 Å². The van der Waals surface area contributed by atoms with Crippen LogP contribution in [-0.4, -0.2) is 43.2 Å². The molecule has 0 aliphatic carbocycles. The summed E-state index contributed by atoms with van der Waals surface area (Å²) in [6.07, 6.45) is -4.93. The van der Waals surface area contributed by atoms with Gasteiger partial charge in [-0.15, -0.1) is 0 Å². The maximum Gasteiger partial charge on any atom is 0.391 e. The topological polar surface area (TPSA) is 103 Å². The van der Waals surface area contributed by atoms with Crippen LogP contribution in [0.3, 0.4) is 0 Å². The van der Waals surface area contributed by atoms with Crippen LogP contribution in [0.4, 0.5) is 43.8 Å². The molecule has 2 aromatic rings. The summed E-state index contributed by atoms with van der Waals surface area (Å²) in [5.74, 6) is -4.29. The van der Waals surface area contributed by atoms with Gasteiger partial charge in [0.05, 0.1) is 12.3 Å². The highest BCUT2D eigenvalue weighted by Crippen LogP contribution is 2.37. The van der Waals surface area contributed by atoms with Crippen LogP contribution in [-0.2, 0) is 16.1 Å². The largest absolute Gasteiger partial charge is 0.391 e. The number of carbonyl (C=O) groups excluding carboxylic acids is 3. The van der Waals surface area contributed by atoms with E-state index in [1.165, 1.54) is 4.90 Å². The van der Waals surface area contributed by atoms with Crippen LogP contribution in [0.2, 0.25) is 0 Å². The van der Waals surface area contributed by atoms with E-state index >= 15 is 0 Å². The fraction of sp³-hybridized carbons (Fsp3) is 0.375. The maximum absolute atomic E-state index is 14.7. The van der Waals surface area contributed by atoms with Gasteiger partial charge in [0.2, 0.25) is 11.8 Å². The fourth-order valence-corrected chi connectivity index (χ4v) is 4.32. The molecule has 2 aromatic carbocycles. The monoisotopic (exact) mass is 525 g/mol. The van der Waals surface area contributed by atoms with E-state index in [2.05, 4.69) is 16.0 Å². The summed E-state index contributed by atoms with van der Waals surface area (Å²) in [4.78, 5) is 36.2. The SMILES string of the molecule is O=C1CC(C(=O)NCc2ccc(Nc3cc(F)c(N4CCC(C(F)(F)F)CC4)c(F)c3)cc2)NC(=O)N1. The lowest BCUT2D eigenvalue weighted by molar-refractivity contribution is -0.179. The third-order valence-electron chi connectivity index (χ3n) is 6.26. The van der Waals surface area contributed by atoms with Crippen LogP contribution < -0.4 is 26.2 Å². The third-order valence-corrected chi connectivity index (χ3v) is 6.26. The highest BCUT2D eigenvalue weighted by molar-refractivity contribution is 6.02. The first-order valence-corrected chi connectivity index (χ1v) is 11.5. The molecule has 13 heteroatoms. The number of alkyl halides is 3. The van der Waals surface area contributed by atoms with Gasteiger partial charge < -0.3 is 20.9 Å². The first kappa shape index (κ1) is 26.2. The smallest absolute Gasteiger partial charge is 0.367 e. The molecule has 0 radical (unpaired) electrons. The van der Waals surface area contributed by atoms with Crippen LogP contribution >= 0.6 is 0 Å². The molecule has 2 aliphatic heterocycles. The number of hydrogen-bond acceptors (Lipinski definition) is 5. The van der Waals surface area contributed by atoms with Crippen molar-refractivity contribution in [1.82, 2.24) is 16.0 Å². The molecule has 0 saturated carbocycles. The fourth-order valence-electron chi connectivity index (χ4n) is 4.32. The standard InChI is InChI=1S/C24H24F5N5O3/c25-17-9-16(10-18(26)21(17)34-7-5-14(6-8-34)24(27,28)29)31-15-3-1-13(2-4-15)12-30-22(36)19-11-20(35)33-23(37)32-19/h1-4,9-10,14,19,31H,5-8,11-12H2,(H,30,36)(H2,32,33,35,37). The number of anilines is 3. The summed E-state index contributed by atoms with van der Waals surface area (Å²) >= 11 is 0. The lowest BCUT2D eigenvalue weighted by atomic mass is 9.96. The van der Waals surface area contributed by atoms with Gasteiger partial charge in [-0.05, 0) is 42.7 Å². The highest BCUT2D eigenvalue weighted by atomic mass is 19.4. The number of piperidine rings is 1. The molecule has 4 amide bonds. The number of halogens is 5. The van der Waals surface area contributed by atoms with Crippen molar-refractivity contribution in [2.24, 2.45) is 5.92 Å². The molecule has 1 atom stereocenters. The molecule has 37 heavy (non-hydrogen) atoms. The van der Waals surface area contributed by atoms with Crippen molar-refractivity contribution in [3.05, 3.63) is 53.6 Å². The third kappa shape index (κ3) is 6.46. The van der Waals surface area contributed by atoms with Gasteiger partial charge in [0.15, 0.2) is 11.6 Å². The Kier molecular flexibility index (Phi) is 7.50. The Morgan fingerprint density at radius 1 is 1.00 bits per heavy atom. The number of benzene rings is 2. The van der Waals surface area contributed by atoms with Gasteiger partial charge >= 0.3 is 12.2 Å². The Bertz CT molecular complexity index is 1140. The average molecular weight is 525 g/mol. The second-order valence-corrected chi connectivity index (χ2v) is 8.91. The van der Waals surface area contributed by atoms with Gasteiger partial charge in [-0.25, -0.2) is 13.6 Å². The van der Waals surface area contributed by atoms with E-state index in [0.29, 0.717) is 11.3 Å². The minimum atomic E-state index is -4.32. The molecule has 2 saturated heterocycles. The molecule has 198 valence electrons. The number of carbonyl (C=O) groups is 3. The summed E-state index contributed by atoms with van der Waals surface area (Å²) < 4.78 is 68.1. The Morgan fingerprint density at radius 3 is 2.19 bits per heavy atom. The van der Waals surface area contributed by atoms with E-state index in [0.717, 1.165) is 12.1 Å². The lowest BCUT2D eigenvalue weighted by Gasteiger charge is -2.34. The zero-order chi connectivity index (χ0) is 26.7. The molecule has 0 aromatic heterocycles. The predicted octanol–water partition coefficient (Wildman–Crippen LogP) is 3.70. The lowest BCUT2D eigenvalue weighted by Crippen LogP contribution is -2.57. The van der Waals surface area contributed by atoms with Crippen molar-refractivity contribution in [1.29, 1.82) is 0 Å². The molecule has 2 aliphatic rings. The predicted molar refractivity (Wildman–Crippen MR) is 124 cm³/mol. The molecule has 8 nitrogen and oxygen atoms in total. The number of amides is 4. The molecule has 1 unspecified atom stereocenters. The molecular weight excluding hydrogens is 501 g/mol. The molecule has 4 rings (SSSR count). The number of rotatable bonds is 6. The van der Waals surface area contributed by atoms with E-state index in [-0.39, 0.29) is 50.3 Å². The summed E-state index contributed by atoms with van der Waals surface area (Å²) in [5.41, 5.74) is 0.976. The van der Waals surface area contributed by atoms with Crippen LogP contribution in [0, 0.1) is 17.6 Å². The number of nitrogens with one attached hydrogen (secondary N) is 4. The molecule has 0 spiro atoms. The first-order valence-electron chi connectivity index (χ1n) is 11.5. The number of imide groups is 1. The number of hydrogen-bond donors (Lipinski definition) is 4. The normalized spacial score (nSPS) is 18.7. The summed E-state index contributed by atoms with van der Waals surface area (Å²) in [6, 6.07) is 7.05. The first-order chi connectivity index (χ1) is 17.5. The quantitative estimate of drug-likeness (QED) is 0.431. The number of urea groups is 1. The van der Waals surface area contributed by atoms with E-state index < -0.39 is 47.6 Å². The molecule has 0 bridgehead atoms. The van der Waals surface area contributed by atoms with E-state index in [1.807, 2.05) is 5.32 Å². The van der Waals surface area contributed by atoms with E-state index in [4.69, 9.17) is 0 Å². The van der Waals surface area contributed by atoms with Gasteiger partial charge in [0, 0.05) is 31.0 Å². The van der Waals surface area contributed by atoms with Gasteiger partial charge in [0.25, 0.3) is 0 Å². The van der Waals surface area contributed by atoms with Crippen LogP contribution in [0.25, 0.3) is 0 Å². The zero-order valence-corrected chi connectivity index (χ0v) is 19.4. The molecule has 4 N–H and O–H groups in total. The number of nitrogens with zero attached hydrogens (tertiary/aromatic N) is 1. The van der Waals surface area contributed by atoms with Crippen molar-refractivity contribution in [3.63, 3.8) is 0 Å². The average Bonchev–Trinajstić information content (AvgIpc) is 2.82. The van der Waals surface area contributed by atoms with E-state index in [1.54, 1.807) is 24.3 Å². The van der Waals surface area contributed by atoms with Crippen molar-refractivity contribution in [2.75, 3.05) is 23.3 Å². The van der Waals surface area contributed by atoms with Gasteiger partial charge in [-0.1, -0.05) is 12.1 Å². The Morgan fingerprint density at radius 2 is 1.62 bits per heavy atom. The Hall–Kier alpha value is -3.90. The van der Waals surface area contributed by atoms with Crippen molar-refractivity contribution in [2.45, 2.75) is 38.0 Å². The molecule has 2 fully saturated rings. The van der Waals surface area contributed by atoms with Gasteiger partial charge in [-0.2, -0.15) is 13.2 Å². The summed E-state index contributed by atoms with van der Waals surface area (Å²) in [6.45, 7) is -0.0672. The summed E-state index contributed by atoms with van der Waals surface area (Å²) in [7, 11) is 0. The molecule has 2 heterocycles. The van der Waals surface area contributed by atoms with Crippen molar-refractivity contribution in [3.8, 4) is 0 Å². The van der Waals surface area contributed by atoms with Crippen LogP contribution in [0.1, 0.15) is 24.8 Å². The Balaban J connectivity index is 1.33. The van der Waals surface area contributed by atoms with E-state index in [9.17, 15) is 36.3 Å². The highest BCUT2D eigenvalue weighted by Gasteiger charge is 2.41. The summed E-state index contributed by atoms with van der Waals surface area (Å²) in [5, 5.41) is 9.88. The van der Waals surface area contributed by atoms with Crippen molar-refractivity contribution >= 4 is 34.9 Å². The van der Waals surface area contributed by atoms with Gasteiger partial charge in [-0.3, -0.25) is 14.9 Å². The van der Waals surface area contributed by atoms with Crippen molar-refractivity contribution < 1.29 is 36.3 Å².